The Morgan fingerprint density at radius 1 is 1.33 bits per heavy atom. The third kappa shape index (κ3) is 6.03. The average Bonchev–Trinajstić information content (AvgIpc) is 2.44. The van der Waals surface area contributed by atoms with E-state index in [9.17, 15) is 19.7 Å². The highest BCUT2D eigenvalue weighted by Crippen LogP contribution is 2.14. The number of nitro benzene ring substituents is 1. The van der Waals surface area contributed by atoms with Gasteiger partial charge >= 0.3 is 5.97 Å². The molecule has 0 fully saturated rings. The first kappa shape index (κ1) is 16.6. The highest BCUT2D eigenvalue weighted by Gasteiger charge is 2.11. The summed E-state index contributed by atoms with van der Waals surface area (Å²) in [6, 6.07) is 6.19. The van der Waals surface area contributed by atoms with Crippen LogP contribution in [0.15, 0.2) is 24.3 Å². The number of carbonyl (C=O) groups is 2. The highest BCUT2D eigenvalue weighted by atomic mass is 16.6. The molecule has 1 rings (SSSR count). The van der Waals surface area contributed by atoms with E-state index in [1.54, 1.807) is 19.2 Å². The van der Waals surface area contributed by atoms with Crippen molar-refractivity contribution < 1.29 is 19.6 Å². The van der Waals surface area contributed by atoms with Gasteiger partial charge in [-0.15, -0.1) is 0 Å². The van der Waals surface area contributed by atoms with Crippen molar-refractivity contribution in [3.8, 4) is 0 Å². The molecule has 7 heteroatoms. The number of hydrogen-bond donors (Lipinski definition) is 1. The zero-order valence-electron chi connectivity index (χ0n) is 11.8. The maximum Gasteiger partial charge on any atom is 0.303 e. The Bertz CT molecular complexity index is 530. The van der Waals surface area contributed by atoms with Gasteiger partial charge in [0.05, 0.1) is 4.92 Å². The predicted molar refractivity (Wildman–Crippen MR) is 75.9 cm³/mol. The fraction of sp³-hybridized carbons (Fsp3) is 0.429. The van der Waals surface area contributed by atoms with E-state index in [4.69, 9.17) is 5.11 Å². The van der Waals surface area contributed by atoms with Gasteiger partial charge in [-0.25, -0.2) is 0 Å². The lowest BCUT2D eigenvalue weighted by atomic mass is 10.1. The molecule has 1 aromatic rings. The molecule has 1 N–H and O–H groups in total. The Morgan fingerprint density at radius 2 is 2.05 bits per heavy atom. The molecule has 0 atom stereocenters. The lowest BCUT2D eigenvalue weighted by Crippen LogP contribution is -2.28. The maximum absolute atomic E-state index is 11.9. The number of carboxylic acids is 1. The third-order valence-corrected chi connectivity index (χ3v) is 3.06. The van der Waals surface area contributed by atoms with Crippen LogP contribution in [0.25, 0.3) is 0 Å². The number of benzene rings is 1. The van der Waals surface area contributed by atoms with Crippen molar-refractivity contribution in [3.63, 3.8) is 0 Å². The summed E-state index contributed by atoms with van der Waals surface area (Å²) in [4.78, 5) is 33.9. The summed E-state index contributed by atoms with van der Waals surface area (Å²) in [6.45, 7) is 0.389. The number of carbonyl (C=O) groups excluding carboxylic acids is 1. The van der Waals surface area contributed by atoms with E-state index in [1.165, 1.54) is 17.0 Å². The summed E-state index contributed by atoms with van der Waals surface area (Å²) in [7, 11) is 1.62. The van der Waals surface area contributed by atoms with Gasteiger partial charge in [0.25, 0.3) is 5.69 Å². The zero-order chi connectivity index (χ0) is 15.8. The van der Waals surface area contributed by atoms with Crippen LogP contribution in [0.2, 0.25) is 0 Å². The second-order valence-corrected chi connectivity index (χ2v) is 4.74. The summed E-state index contributed by atoms with van der Waals surface area (Å²) in [6.07, 6.45) is 1.10. The van der Waals surface area contributed by atoms with Crippen LogP contribution in [0, 0.1) is 10.1 Å². The fourth-order valence-corrected chi connectivity index (χ4v) is 1.86. The molecule has 7 nitrogen and oxygen atoms in total. The van der Waals surface area contributed by atoms with Gasteiger partial charge in [-0.05, 0) is 18.4 Å². The van der Waals surface area contributed by atoms with Crippen molar-refractivity contribution in [2.24, 2.45) is 0 Å². The standard InChI is InChI=1S/C14H18N2O5/c1-15(9-3-6-14(18)19)13(17)8-7-11-4-2-5-12(10-11)16(20)21/h2,4-5,10H,3,6-9H2,1H3,(H,18,19). The van der Waals surface area contributed by atoms with Gasteiger partial charge in [-0.1, -0.05) is 12.1 Å². The van der Waals surface area contributed by atoms with E-state index >= 15 is 0 Å². The van der Waals surface area contributed by atoms with Crippen LogP contribution in [-0.4, -0.2) is 40.4 Å². The molecule has 21 heavy (non-hydrogen) atoms. The minimum atomic E-state index is -0.882. The van der Waals surface area contributed by atoms with Crippen LogP contribution in [0.5, 0.6) is 0 Å². The molecular weight excluding hydrogens is 276 g/mol. The Hall–Kier alpha value is -2.44. The van der Waals surface area contributed by atoms with E-state index in [2.05, 4.69) is 0 Å². The van der Waals surface area contributed by atoms with Crippen LogP contribution >= 0.6 is 0 Å². The Morgan fingerprint density at radius 3 is 2.67 bits per heavy atom. The van der Waals surface area contributed by atoms with Crippen molar-refractivity contribution in [3.05, 3.63) is 39.9 Å². The fourth-order valence-electron chi connectivity index (χ4n) is 1.86. The van der Waals surface area contributed by atoms with Crippen molar-refractivity contribution in [1.29, 1.82) is 0 Å². The summed E-state index contributed by atoms with van der Waals surface area (Å²) in [5, 5.41) is 19.2. The van der Waals surface area contributed by atoms with Crippen LogP contribution in [0.1, 0.15) is 24.8 Å². The molecule has 1 aromatic carbocycles. The van der Waals surface area contributed by atoms with Crippen LogP contribution < -0.4 is 0 Å². The zero-order valence-corrected chi connectivity index (χ0v) is 11.8. The van der Waals surface area contributed by atoms with E-state index in [1.807, 2.05) is 0 Å². The predicted octanol–water partition coefficient (Wildman–Crippen LogP) is 1.85. The van der Waals surface area contributed by atoms with Gasteiger partial charge in [-0.3, -0.25) is 19.7 Å². The molecular formula is C14H18N2O5. The highest BCUT2D eigenvalue weighted by molar-refractivity contribution is 5.76. The van der Waals surface area contributed by atoms with Crippen LogP contribution in [0.4, 0.5) is 5.69 Å². The first-order valence-electron chi connectivity index (χ1n) is 6.59. The minimum Gasteiger partial charge on any atom is -0.481 e. The molecule has 0 saturated carbocycles. The molecule has 0 heterocycles. The van der Waals surface area contributed by atoms with Crippen molar-refractivity contribution in [2.45, 2.75) is 25.7 Å². The first-order valence-corrected chi connectivity index (χ1v) is 6.59. The quantitative estimate of drug-likeness (QED) is 0.582. The summed E-state index contributed by atoms with van der Waals surface area (Å²) in [5.74, 6) is -0.987. The number of non-ortho nitro benzene ring substituents is 1. The molecule has 0 radical (unpaired) electrons. The number of nitro groups is 1. The van der Waals surface area contributed by atoms with Crippen molar-refractivity contribution in [1.82, 2.24) is 4.90 Å². The minimum absolute atomic E-state index is 0.00904. The normalized spacial score (nSPS) is 10.1. The van der Waals surface area contributed by atoms with E-state index in [0.717, 1.165) is 5.56 Å². The number of hydrogen-bond acceptors (Lipinski definition) is 4. The topological polar surface area (TPSA) is 101 Å². The number of rotatable bonds is 8. The number of aliphatic carboxylic acids is 1. The van der Waals surface area contributed by atoms with Crippen LogP contribution in [0.3, 0.4) is 0 Å². The Labute approximate surface area is 122 Å². The van der Waals surface area contributed by atoms with Crippen molar-refractivity contribution >= 4 is 17.6 Å². The second-order valence-electron chi connectivity index (χ2n) is 4.74. The van der Waals surface area contributed by atoms with Gasteiger partial charge in [0.1, 0.15) is 0 Å². The molecule has 1 amide bonds. The lowest BCUT2D eigenvalue weighted by Gasteiger charge is -2.16. The molecule has 0 spiro atoms. The van der Waals surface area contributed by atoms with Gasteiger partial charge in [-0.2, -0.15) is 0 Å². The second kappa shape index (κ2) is 7.98. The molecule has 0 bridgehead atoms. The summed E-state index contributed by atoms with van der Waals surface area (Å²) in [5.41, 5.74) is 0.742. The summed E-state index contributed by atoms with van der Waals surface area (Å²) >= 11 is 0. The molecule has 0 aliphatic carbocycles. The smallest absolute Gasteiger partial charge is 0.303 e. The SMILES string of the molecule is CN(CCCC(=O)O)C(=O)CCc1cccc([N+](=O)[O-])c1. The molecule has 0 aliphatic rings. The Balaban J connectivity index is 2.43. The molecule has 0 saturated heterocycles. The monoisotopic (exact) mass is 294 g/mol. The third-order valence-electron chi connectivity index (χ3n) is 3.06. The molecule has 0 unspecified atom stereocenters. The van der Waals surface area contributed by atoms with Gasteiger partial charge < -0.3 is 10.0 Å². The van der Waals surface area contributed by atoms with Crippen molar-refractivity contribution in [2.75, 3.05) is 13.6 Å². The van der Waals surface area contributed by atoms with Gasteiger partial charge in [0.15, 0.2) is 0 Å². The largest absolute Gasteiger partial charge is 0.481 e. The van der Waals surface area contributed by atoms with E-state index < -0.39 is 10.9 Å². The molecule has 0 aliphatic heterocycles. The first-order chi connectivity index (χ1) is 9.90. The summed E-state index contributed by atoms with van der Waals surface area (Å²) < 4.78 is 0. The van der Waals surface area contributed by atoms with E-state index in [-0.39, 0.29) is 24.4 Å². The number of aryl methyl sites for hydroxylation is 1. The molecule has 114 valence electrons. The lowest BCUT2D eigenvalue weighted by molar-refractivity contribution is -0.384. The molecule has 0 aromatic heterocycles. The number of nitrogens with zero attached hydrogens (tertiary/aromatic N) is 2. The number of carboxylic acid groups (broad SMARTS) is 1. The van der Waals surface area contributed by atoms with Gasteiger partial charge in [0.2, 0.25) is 5.91 Å². The average molecular weight is 294 g/mol. The van der Waals surface area contributed by atoms with E-state index in [0.29, 0.717) is 19.4 Å². The van der Waals surface area contributed by atoms with Gasteiger partial charge in [0, 0.05) is 38.6 Å². The number of amides is 1. The van der Waals surface area contributed by atoms with Crippen LogP contribution in [-0.2, 0) is 16.0 Å². The Kier molecular flexibility index (Phi) is 6.32. The maximum atomic E-state index is 11.9.